The van der Waals surface area contributed by atoms with Crippen molar-refractivity contribution in [2.45, 2.75) is 0 Å². The van der Waals surface area contributed by atoms with Crippen LogP contribution in [0.2, 0.25) is 0 Å². The average molecular weight is 163 g/mol. The second kappa shape index (κ2) is 3.76. The monoisotopic (exact) mass is 163 g/mol. The van der Waals surface area contributed by atoms with Crippen LogP contribution in [0, 0.1) is 7.05 Å². The molecule has 0 aliphatic carbocycles. The van der Waals surface area contributed by atoms with Crippen molar-refractivity contribution in [3.05, 3.63) is 37.4 Å². The van der Waals surface area contributed by atoms with E-state index in [4.69, 9.17) is 0 Å². The van der Waals surface area contributed by atoms with Crippen LogP contribution in [0.15, 0.2) is 30.3 Å². The Labute approximate surface area is 72.0 Å². The SMILES string of the molecule is [CH2]N(C)C(=O)Nc1ccccc1. The predicted octanol–water partition coefficient (Wildman–Crippen LogP) is 1.94. The summed E-state index contributed by atoms with van der Waals surface area (Å²) >= 11 is 0. The van der Waals surface area contributed by atoms with Gasteiger partial charge in [-0.25, -0.2) is 4.79 Å². The van der Waals surface area contributed by atoms with E-state index in [2.05, 4.69) is 12.4 Å². The molecule has 1 N–H and O–H groups in total. The summed E-state index contributed by atoms with van der Waals surface area (Å²) < 4.78 is 0. The predicted molar refractivity (Wildman–Crippen MR) is 48.6 cm³/mol. The van der Waals surface area contributed by atoms with Gasteiger partial charge in [-0.3, -0.25) is 0 Å². The molecule has 0 heterocycles. The molecule has 0 aromatic heterocycles. The van der Waals surface area contributed by atoms with Crippen molar-refractivity contribution in [1.29, 1.82) is 0 Å². The second-order valence-corrected chi connectivity index (χ2v) is 2.49. The number of rotatable bonds is 1. The average Bonchev–Trinajstić information content (AvgIpc) is 2.06. The molecule has 1 aromatic rings. The fourth-order valence-corrected chi connectivity index (χ4v) is 0.740. The number of urea groups is 1. The highest BCUT2D eigenvalue weighted by molar-refractivity contribution is 5.89. The minimum Gasteiger partial charge on any atom is -0.326 e. The van der Waals surface area contributed by atoms with Crippen molar-refractivity contribution in [1.82, 2.24) is 4.90 Å². The first-order valence-electron chi connectivity index (χ1n) is 3.60. The van der Waals surface area contributed by atoms with Crippen LogP contribution in [0.3, 0.4) is 0 Å². The fraction of sp³-hybridized carbons (Fsp3) is 0.111. The van der Waals surface area contributed by atoms with E-state index in [9.17, 15) is 4.79 Å². The van der Waals surface area contributed by atoms with Gasteiger partial charge in [-0.15, -0.1) is 0 Å². The Kier molecular flexibility index (Phi) is 2.69. The molecule has 12 heavy (non-hydrogen) atoms. The van der Waals surface area contributed by atoms with Gasteiger partial charge in [0.2, 0.25) is 0 Å². The summed E-state index contributed by atoms with van der Waals surface area (Å²) in [6, 6.07) is 9.03. The lowest BCUT2D eigenvalue weighted by Gasteiger charge is -2.10. The number of benzene rings is 1. The molecule has 1 rings (SSSR count). The van der Waals surface area contributed by atoms with Gasteiger partial charge in [0.25, 0.3) is 0 Å². The van der Waals surface area contributed by atoms with E-state index >= 15 is 0 Å². The molecule has 0 unspecified atom stereocenters. The highest BCUT2D eigenvalue weighted by Crippen LogP contribution is 2.05. The summed E-state index contributed by atoms with van der Waals surface area (Å²) in [6.07, 6.45) is 0. The Morgan fingerprint density at radius 3 is 2.50 bits per heavy atom. The lowest BCUT2D eigenvalue weighted by molar-refractivity contribution is 0.234. The van der Waals surface area contributed by atoms with Crippen molar-refractivity contribution >= 4 is 11.7 Å². The quantitative estimate of drug-likeness (QED) is 0.674. The van der Waals surface area contributed by atoms with Crippen LogP contribution in [-0.2, 0) is 0 Å². The van der Waals surface area contributed by atoms with Crippen molar-refractivity contribution in [3.63, 3.8) is 0 Å². The zero-order chi connectivity index (χ0) is 8.97. The molecule has 0 fully saturated rings. The summed E-state index contributed by atoms with van der Waals surface area (Å²) in [6.45, 7) is 0. The highest BCUT2D eigenvalue weighted by Gasteiger charge is 2.01. The molecule has 0 atom stereocenters. The largest absolute Gasteiger partial charge is 0.326 e. The molecular formula is C9H11N2O. The number of carbonyl (C=O) groups is 1. The van der Waals surface area contributed by atoms with Crippen molar-refractivity contribution in [2.75, 3.05) is 12.4 Å². The standard InChI is InChI=1S/C9H11N2O/c1-11(2)9(12)10-8-6-4-3-5-7-8/h3-7H,1H2,2H3,(H,10,12). The molecule has 3 heteroatoms. The maximum atomic E-state index is 11.1. The third-order valence-electron chi connectivity index (χ3n) is 1.37. The topological polar surface area (TPSA) is 32.3 Å². The maximum Gasteiger partial charge on any atom is 0.321 e. The summed E-state index contributed by atoms with van der Waals surface area (Å²) in [5.74, 6) is 0. The first-order valence-corrected chi connectivity index (χ1v) is 3.60. The van der Waals surface area contributed by atoms with E-state index < -0.39 is 0 Å². The van der Waals surface area contributed by atoms with Crippen LogP contribution >= 0.6 is 0 Å². The van der Waals surface area contributed by atoms with Crippen LogP contribution in [-0.4, -0.2) is 18.0 Å². The molecule has 1 aromatic carbocycles. The Bertz CT molecular complexity index is 256. The summed E-state index contributed by atoms with van der Waals surface area (Å²) in [5.41, 5.74) is 0.776. The van der Waals surface area contributed by atoms with E-state index in [0.717, 1.165) is 5.69 Å². The van der Waals surface area contributed by atoms with Gasteiger partial charge >= 0.3 is 6.03 Å². The van der Waals surface area contributed by atoms with Gasteiger partial charge in [0.1, 0.15) is 0 Å². The summed E-state index contributed by atoms with van der Waals surface area (Å²) in [4.78, 5) is 12.3. The van der Waals surface area contributed by atoms with Crippen LogP contribution in [0.1, 0.15) is 0 Å². The van der Waals surface area contributed by atoms with Crippen LogP contribution in [0.5, 0.6) is 0 Å². The lowest BCUT2D eigenvalue weighted by Crippen LogP contribution is -2.25. The smallest absolute Gasteiger partial charge is 0.321 e. The van der Waals surface area contributed by atoms with Gasteiger partial charge in [-0.1, -0.05) is 18.2 Å². The number of hydrogen-bond donors (Lipinski definition) is 1. The van der Waals surface area contributed by atoms with E-state index in [1.807, 2.05) is 30.3 Å². The molecule has 0 saturated heterocycles. The maximum absolute atomic E-state index is 11.1. The molecule has 0 aliphatic rings. The third-order valence-corrected chi connectivity index (χ3v) is 1.37. The molecular weight excluding hydrogens is 152 g/mol. The first-order chi connectivity index (χ1) is 5.70. The molecule has 1 radical (unpaired) electrons. The zero-order valence-electron chi connectivity index (χ0n) is 6.95. The normalized spacial score (nSPS) is 9.17. The van der Waals surface area contributed by atoms with Gasteiger partial charge in [0, 0.05) is 19.8 Å². The van der Waals surface area contributed by atoms with Gasteiger partial charge in [0.15, 0.2) is 0 Å². The fourth-order valence-electron chi connectivity index (χ4n) is 0.740. The number of hydrogen-bond acceptors (Lipinski definition) is 1. The molecule has 0 bridgehead atoms. The Balaban J connectivity index is 2.59. The highest BCUT2D eigenvalue weighted by atomic mass is 16.2. The third kappa shape index (κ3) is 2.27. The summed E-state index contributed by atoms with van der Waals surface area (Å²) in [5, 5.41) is 2.67. The van der Waals surface area contributed by atoms with Crippen molar-refractivity contribution in [3.8, 4) is 0 Å². The number of anilines is 1. The number of para-hydroxylation sites is 1. The molecule has 2 amide bonds. The van der Waals surface area contributed by atoms with E-state index in [0.29, 0.717) is 0 Å². The second-order valence-electron chi connectivity index (χ2n) is 2.49. The molecule has 0 saturated carbocycles. The van der Waals surface area contributed by atoms with E-state index in [1.165, 1.54) is 4.90 Å². The van der Waals surface area contributed by atoms with Gasteiger partial charge in [-0.05, 0) is 12.1 Å². The van der Waals surface area contributed by atoms with E-state index in [-0.39, 0.29) is 6.03 Å². The Morgan fingerprint density at radius 2 is 2.00 bits per heavy atom. The Morgan fingerprint density at radius 1 is 1.42 bits per heavy atom. The van der Waals surface area contributed by atoms with E-state index in [1.54, 1.807) is 7.05 Å². The minimum atomic E-state index is -0.221. The zero-order valence-corrected chi connectivity index (χ0v) is 6.95. The van der Waals surface area contributed by atoms with Crippen LogP contribution < -0.4 is 5.32 Å². The van der Waals surface area contributed by atoms with Crippen molar-refractivity contribution in [2.24, 2.45) is 0 Å². The Hall–Kier alpha value is -1.51. The number of amides is 2. The van der Waals surface area contributed by atoms with Crippen molar-refractivity contribution < 1.29 is 4.79 Å². The first kappa shape index (κ1) is 8.59. The number of nitrogens with one attached hydrogen (secondary N) is 1. The van der Waals surface area contributed by atoms with Gasteiger partial charge in [0.05, 0.1) is 0 Å². The molecule has 63 valence electrons. The lowest BCUT2D eigenvalue weighted by atomic mass is 10.3. The van der Waals surface area contributed by atoms with Crippen LogP contribution in [0.4, 0.5) is 10.5 Å². The summed E-state index contributed by atoms with van der Waals surface area (Å²) in [7, 11) is 5.05. The molecule has 0 aliphatic heterocycles. The van der Waals surface area contributed by atoms with Gasteiger partial charge in [-0.2, -0.15) is 0 Å². The number of nitrogens with zero attached hydrogens (tertiary/aromatic N) is 1. The molecule has 0 spiro atoms. The van der Waals surface area contributed by atoms with Gasteiger partial charge < -0.3 is 10.2 Å². The van der Waals surface area contributed by atoms with Crippen LogP contribution in [0.25, 0.3) is 0 Å². The molecule has 3 nitrogen and oxygen atoms in total. The number of carbonyl (C=O) groups excluding carboxylic acids is 1. The minimum absolute atomic E-state index is 0.221.